The molecule has 0 aromatic carbocycles. The van der Waals surface area contributed by atoms with Gasteiger partial charge in [0.05, 0.1) is 0 Å². The van der Waals surface area contributed by atoms with Crippen molar-refractivity contribution in [3.8, 4) is 0 Å². The normalized spacial score (nSPS) is 4.86. The van der Waals surface area contributed by atoms with E-state index in [-0.39, 0.29) is 11.0 Å². The molecule has 0 spiro atoms. The minimum atomic E-state index is 0. The highest BCUT2D eigenvalue weighted by molar-refractivity contribution is 6.40. The standard InChI is InChI=1S/2CH3.2Al.2H2O.O/h2*1H3;;;2*1H2;. The van der Waals surface area contributed by atoms with Crippen LogP contribution in [0.3, 0.4) is 0 Å². The quantitative estimate of drug-likeness (QED) is 0.434. The van der Waals surface area contributed by atoms with E-state index >= 15 is 0 Å². The molecule has 0 saturated carbocycles. The highest BCUT2D eigenvalue weighted by atomic mass is 27.2. The van der Waals surface area contributed by atoms with Crippen LogP contribution in [0.5, 0.6) is 0 Å². The molecule has 5 heteroatoms. The average Bonchev–Trinajstić information content (AvgIpc) is 1.41. The van der Waals surface area contributed by atoms with Crippen LogP contribution in [0.4, 0.5) is 0 Å². The van der Waals surface area contributed by atoms with Gasteiger partial charge in [-0.05, 0) is 0 Å². The first-order chi connectivity index (χ1) is 2.41. The number of rotatable bonds is 2. The molecule has 0 aliphatic carbocycles. The lowest BCUT2D eigenvalue weighted by Gasteiger charge is -1.85. The van der Waals surface area contributed by atoms with Gasteiger partial charge in [-0.15, -0.1) is 0 Å². The molecule has 0 heterocycles. The Morgan fingerprint density at radius 1 is 1.00 bits per heavy atom. The summed E-state index contributed by atoms with van der Waals surface area (Å²) in [6.07, 6.45) is 0. The zero-order valence-corrected chi connectivity index (χ0v) is 6.87. The summed E-state index contributed by atoms with van der Waals surface area (Å²) in [5.41, 5.74) is 0. The Morgan fingerprint density at radius 2 is 1.29 bits per heavy atom. The van der Waals surface area contributed by atoms with Crippen molar-refractivity contribution >= 4 is 31.1 Å². The molecule has 42 valence electrons. The fourth-order valence-electron chi connectivity index (χ4n) is 0.136. The maximum atomic E-state index is 5.00. The first kappa shape index (κ1) is 15.7. The summed E-state index contributed by atoms with van der Waals surface area (Å²) in [7, 11) is 0. The highest BCUT2D eigenvalue weighted by Crippen LogP contribution is 1.58. The van der Waals surface area contributed by atoms with E-state index in [2.05, 4.69) is 11.6 Å². The van der Waals surface area contributed by atoms with Gasteiger partial charge in [-0.1, -0.05) is 11.6 Å². The van der Waals surface area contributed by atoms with Crippen molar-refractivity contribution < 1.29 is 13.8 Å². The van der Waals surface area contributed by atoms with Crippen LogP contribution in [-0.2, 0) is 2.84 Å². The molecule has 0 aliphatic heterocycles. The molecule has 2 radical (unpaired) electrons. The van der Waals surface area contributed by atoms with Crippen LogP contribution in [0, 0.1) is 0 Å². The van der Waals surface area contributed by atoms with Crippen LogP contribution >= 0.6 is 0 Å². The second kappa shape index (κ2) is 15.8. The van der Waals surface area contributed by atoms with Gasteiger partial charge in [-0.2, -0.15) is 0 Å². The molecule has 0 aliphatic rings. The Morgan fingerprint density at radius 3 is 1.29 bits per heavy atom. The molecule has 0 unspecified atom stereocenters. The van der Waals surface area contributed by atoms with Gasteiger partial charge < -0.3 is 13.8 Å². The smallest absolute Gasteiger partial charge is 0.387 e. The van der Waals surface area contributed by atoms with Gasteiger partial charge in [0.15, 0.2) is 0 Å². The Balaban J connectivity index is -0.0000000800. The summed E-state index contributed by atoms with van der Waals surface area (Å²) in [5, 5.41) is 0. The summed E-state index contributed by atoms with van der Waals surface area (Å²) in [6.45, 7) is 0. The molecule has 0 aromatic rings. The van der Waals surface area contributed by atoms with Crippen LogP contribution in [0.2, 0.25) is 11.6 Å². The van der Waals surface area contributed by atoms with Gasteiger partial charge in [0, 0.05) is 0 Å². The minimum Gasteiger partial charge on any atom is -0.649 e. The molecule has 0 bridgehead atoms. The predicted molar refractivity (Wildman–Crippen MR) is 31.5 cm³/mol. The fraction of sp³-hybridized carbons (Fsp3) is 1.00. The van der Waals surface area contributed by atoms with E-state index in [0.717, 1.165) is 0 Å². The largest absolute Gasteiger partial charge is 0.649 e. The van der Waals surface area contributed by atoms with E-state index in [0.29, 0.717) is 31.1 Å². The van der Waals surface area contributed by atoms with Crippen molar-refractivity contribution in [2.24, 2.45) is 0 Å². The Bertz CT molecular complexity index is 18.4. The molecule has 0 atom stereocenters. The third kappa shape index (κ3) is 19.6. The van der Waals surface area contributed by atoms with E-state index in [1.54, 1.807) is 0 Å². The lowest BCUT2D eigenvalue weighted by molar-refractivity contribution is 0.652. The second-order valence-electron chi connectivity index (χ2n) is 0.607. The van der Waals surface area contributed by atoms with Gasteiger partial charge >= 0.3 is 31.1 Å². The van der Waals surface area contributed by atoms with Crippen molar-refractivity contribution in [2.45, 2.75) is 11.6 Å². The molecule has 0 amide bonds. The van der Waals surface area contributed by atoms with Crippen LogP contribution in [0.1, 0.15) is 0 Å². The Hall–Kier alpha value is 0.945. The monoisotopic (exact) mass is 136 g/mol. The lowest BCUT2D eigenvalue weighted by atomic mass is 11.9. The average molecular weight is 136 g/mol. The molecule has 0 saturated heterocycles. The molecule has 7 heavy (non-hydrogen) atoms. The molecular formula is C2H10Al2O3. The summed E-state index contributed by atoms with van der Waals surface area (Å²) in [5.74, 6) is 4.19. The summed E-state index contributed by atoms with van der Waals surface area (Å²) in [6, 6.07) is 0. The van der Waals surface area contributed by atoms with Gasteiger partial charge in [0.1, 0.15) is 0 Å². The summed E-state index contributed by atoms with van der Waals surface area (Å²) in [4.78, 5) is 0. The van der Waals surface area contributed by atoms with E-state index in [9.17, 15) is 0 Å². The zero-order chi connectivity index (χ0) is 4.12. The van der Waals surface area contributed by atoms with Gasteiger partial charge in [0.2, 0.25) is 0 Å². The molecule has 3 nitrogen and oxygen atoms in total. The lowest BCUT2D eigenvalue weighted by Crippen LogP contribution is -1.92. The third-order valence-corrected chi connectivity index (χ3v) is 2.45. The Kier molecular flexibility index (Phi) is 35.3. The van der Waals surface area contributed by atoms with Gasteiger partial charge in [0.25, 0.3) is 0 Å². The van der Waals surface area contributed by atoms with Gasteiger partial charge in [-0.25, -0.2) is 0 Å². The number of hydrogen-bond donors (Lipinski definition) is 0. The fourth-order valence-corrected chi connectivity index (χ4v) is 1.22. The molecular weight excluding hydrogens is 126 g/mol. The minimum absolute atomic E-state index is 0. The Labute approximate surface area is 56.8 Å². The van der Waals surface area contributed by atoms with E-state index in [1.807, 2.05) is 0 Å². The maximum Gasteiger partial charge on any atom is 0.387 e. The van der Waals surface area contributed by atoms with E-state index < -0.39 is 0 Å². The van der Waals surface area contributed by atoms with Crippen molar-refractivity contribution in [1.82, 2.24) is 0 Å². The van der Waals surface area contributed by atoms with Crippen LogP contribution < -0.4 is 0 Å². The van der Waals surface area contributed by atoms with Crippen molar-refractivity contribution in [2.75, 3.05) is 0 Å². The molecule has 4 N–H and O–H groups in total. The van der Waals surface area contributed by atoms with Crippen molar-refractivity contribution in [3.05, 3.63) is 0 Å². The molecule has 0 rings (SSSR count). The van der Waals surface area contributed by atoms with Gasteiger partial charge in [-0.3, -0.25) is 0 Å². The van der Waals surface area contributed by atoms with Crippen LogP contribution in [0.25, 0.3) is 0 Å². The van der Waals surface area contributed by atoms with Crippen molar-refractivity contribution in [3.63, 3.8) is 0 Å². The van der Waals surface area contributed by atoms with Crippen molar-refractivity contribution in [1.29, 1.82) is 0 Å². The number of hydrogen-bond acceptors (Lipinski definition) is 1. The second-order valence-corrected chi connectivity index (χ2v) is 2.64. The summed E-state index contributed by atoms with van der Waals surface area (Å²) < 4.78 is 5.00. The molecule has 0 aromatic heterocycles. The van der Waals surface area contributed by atoms with Crippen LogP contribution in [0.15, 0.2) is 0 Å². The van der Waals surface area contributed by atoms with E-state index in [4.69, 9.17) is 2.84 Å². The van der Waals surface area contributed by atoms with Crippen LogP contribution in [-0.4, -0.2) is 42.1 Å². The van der Waals surface area contributed by atoms with E-state index in [1.165, 1.54) is 0 Å². The topological polar surface area (TPSA) is 72.2 Å². The highest BCUT2D eigenvalue weighted by Gasteiger charge is 1.76. The first-order valence-corrected chi connectivity index (χ1v) is 4.88. The summed E-state index contributed by atoms with van der Waals surface area (Å²) >= 11 is 0.646. The maximum absolute atomic E-state index is 5.00. The first-order valence-electron chi connectivity index (χ1n) is 1.63. The predicted octanol–water partition coefficient (Wildman–Crippen LogP) is -1.31. The molecule has 0 fully saturated rings. The third-order valence-electron chi connectivity index (χ3n) is 0.272. The zero-order valence-electron chi connectivity index (χ0n) is 4.56. The SMILES string of the molecule is O.O.[CH3][Al][O][Al][CH3].